The number of carbonyl (C=O) groups is 1. The number of nitrogens with two attached hydrogens (primary N) is 1. The van der Waals surface area contributed by atoms with Crippen molar-refractivity contribution in [3.8, 4) is 0 Å². The zero-order chi connectivity index (χ0) is 18.2. The Labute approximate surface area is 155 Å². The lowest BCUT2D eigenvalue weighted by Gasteiger charge is -2.20. The van der Waals surface area contributed by atoms with Gasteiger partial charge in [0.15, 0.2) is 11.7 Å². The van der Waals surface area contributed by atoms with E-state index < -0.39 is 0 Å². The van der Waals surface area contributed by atoms with Crippen molar-refractivity contribution in [2.45, 2.75) is 39.7 Å². The van der Waals surface area contributed by atoms with Crippen LogP contribution in [0.15, 0.2) is 42.6 Å². The summed E-state index contributed by atoms with van der Waals surface area (Å²) in [5, 5.41) is 5.21. The van der Waals surface area contributed by atoms with Crippen LogP contribution in [0, 0.1) is 5.92 Å². The Bertz CT molecular complexity index is 686. The van der Waals surface area contributed by atoms with Gasteiger partial charge in [-0.05, 0) is 24.1 Å². The molecule has 0 spiro atoms. The second-order valence-electron chi connectivity index (χ2n) is 6.59. The first-order valence-electron chi connectivity index (χ1n) is 8.83. The van der Waals surface area contributed by atoms with Crippen molar-refractivity contribution in [2.24, 2.45) is 5.92 Å². The lowest BCUT2D eigenvalue weighted by molar-refractivity contribution is -0.692. The van der Waals surface area contributed by atoms with Crippen molar-refractivity contribution < 1.29 is 10.1 Å². The standard InChI is InChI=1S/C20H26ClN3O/c1-4-6-15-8-10-16(11-9-15)19(14(2)3)23-13-18(25)24-17-7-5-12-22-20(17)21/h5,7-12,14,19,23H,4,6,13H2,1-3H3,(H,24,25)/p+1/t19-/m1/s1. The molecule has 2 rings (SSSR count). The van der Waals surface area contributed by atoms with E-state index in [9.17, 15) is 4.79 Å². The number of nitrogens with zero attached hydrogens (tertiary/aromatic N) is 1. The van der Waals surface area contributed by atoms with E-state index in [-0.39, 0.29) is 11.9 Å². The molecule has 1 aromatic heterocycles. The summed E-state index contributed by atoms with van der Waals surface area (Å²) < 4.78 is 0. The maximum atomic E-state index is 12.2. The summed E-state index contributed by atoms with van der Waals surface area (Å²) in [6.45, 7) is 6.88. The minimum atomic E-state index is -0.0804. The summed E-state index contributed by atoms with van der Waals surface area (Å²) in [6, 6.07) is 12.5. The molecule has 1 aromatic carbocycles. The highest BCUT2D eigenvalue weighted by Gasteiger charge is 2.20. The van der Waals surface area contributed by atoms with Gasteiger partial charge < -0.3 is 10.6 Å². The third-order valence-corrected chi connectivity index (χ3v) is 4.51. The van der Waals surface area contributed by atoms with Crippen molar-refractivity contribution in [1.82, 2.24) is 4.98 Å². The van der Waals surface area contributed by atoms with Gasteiger partial charge in [-0.25, -0.2) is 4.98 Å². The van der Waals surface area contributed by atoms with E-state index >= 15 is 0 Å². The molecule has 1 amide bonds. The molecule has 4 nitrogen and oxygen atoms in total. The Kier molecular flexibility index (Phi) is 7.41. The summed E-state index contributed by atoms with van der Waals surface area (Å²) in [4.78, 5) is 16.2. The number of pyridine rings is 1. The van der Waals surface area contributed by atoms with Crippen molar-refractivity contribution in [3.05, 3.63) is 58.9 Å². The van der Waals surface area contributed by atoms with Crippen molar-refractivity contribution in [1.29, 1.82) is 0 Å². The van der Waals surface area contributed by atoms with Gasteiger partial charge in [-0.2, -0.15) is 0 Å². The van der Waals surface area contributed by atoms with Crippen LogP contribution in [0.4, 0.5) is 5.69 Å². The number of anilines is 1. The van der Waals surface area contributed by atoms with Gasteiger partial charge in [0.25, 0.3) is 5.91 Å². The molecule has 25 heavy (non-hydrogen) atoms. The lowest BCUT2D eigenvalue weighted by atomic mass is 9.94. The molecular formula is C20H27ClN3O+. The summed E-state index contributed by atoms with van der Waals surface area (Å²) in [6.07, 6.45) is 3.85. The molecule has 134 valence electrons. The molecule has 0 aliphatic rings. The molecule has 3 N–H and O–H groups in total. The zero-order valence-corrected chi connectivity index (χ0v) is 15.9. The van der Waals surface area contributed by atoms with Crippen LogP contribution in [0.1, 0.15) is 44.4 Å². The zero-order valence-electron chi connectivity index (χ0n) is 15.1. The highest BCUT2D eigenvalue weighted by Crippen LogP contribution is 2.19. The van der Waals surface area contributed by atoms with Gasteiger partial charge in [0, 0.05) is 17.7 Å². The van der Waals surface area contributed by atoms with Crippen LogP contribution >= 0.6 is 11.6 Å². The maximum absolute atomic E-state index is 12.2. The maximum Gasteiger partial charge on any atom is 0.279 e. The fraction of sp³-hybridized carbons (Fsp3) is 0.400. The van der Waals surface area contributed by atoms with E-state index in [0.29, 0.717) is 23.3 Å². The third kappa shape index (κ3) is 5.83. The molecule has 0 fully saturated rings. The minimum Gasteiger partial charge on any atom is -0.332 e. The number of amides is 1. The summed E-state index contributed by atoms with van der Waals surface area (Å²) in [7, 11) is 0. The molecule has 1 heterocycles. The largest absolute Gasteiger partial charge is 0.332 e. The molecule has 0 saturated carbocycles. The van der Waals surface area contributed by atoms with E-state index in [4.69, 9.17) is 11.6 Å². The van der Waals surface area contributed by atoms with Crippen LogP contribution in [-0.4, -0.2) is 17.4 Å². The van der Waals surface area contributed by atoms with Crippen LogP contribution in [0.5, 0.6) is 0 Å². The van der Waals surface area contributed by atoms with E-state index in [1.165, 1.54) is 11.1 Å². The van der Waals surface area contributed by atoms with Crippen molar-refractivity contribution in [2.75, 3.05) is 11.9 Å². The summed E-state index contributed by atoms with van der Waals surface area (Å²) in [5.41, 5.74) is 3.16. The number of nitrogens with one attached hydrogen (secondary N) is 1. The third-order valence-electron chi connectivity index (χ3n) is 4.21. The lowest BCUT2D eigenvalue weighted by Crippen LogP contribution is -2.88. The number of quaternary nitrogens is 1. The number of aromatic nitrogens is 1. The first kappa shape index (κ1) is 19.4. The van der Waals surface area contributed by atoms with E-state index in [1.54, 1.807) is 18.3 Å². The van der Waals surface area contributed by atoms with Crippen LogP contribution in [0.2, 0.25) is 5.15 Å². The Morgan fingerprint density at radius 2 is 1.96 bits per heavy atom. The Morgan fingerprint density at radius 3 is 2.56 bits per heavy atom. The Morgan fingerprint density at radius 1 is 1.24 bits per heavy atom. The van der Waals surface area contributed by atoms with Crippen molar-refractivity contribution >= 4 is 23.2 Å². The Hall–Kier alpha value is -1.91. The highest BCUT2D eigenvalue weighted by atomic mass is 35.5. The fourth-order valence-corrected chi connectivity index (χ4v) is 3.07. The first-order chi connectivity index (χ1) is 12.0. The van der Waals surface area contributed by atoms with Crippen LogP contribution < -0.4 is 10.6 Å². The number of benzene rings is 1. The summed E-state index contributed by atoms with van der Waals surface area (Å²) >= 11 is 5.98. The smallest absolute Gasteiger partial charge is 0.279 e. The van der Waals surface area contributed by atoms with Crippen LogP contribution in [-0.2, 0) is 11.2 Å². The second kappa shape index (κ2) is 9.54. The number of halogens is 1. The highest BCUT2D eigenvalue weighted by molar-refractivity contribution is 6.32. The molecule has 0 aliphatic heterocycles. The predicted octanol–water partition coefficient (Wildman–Crippen LogP) is 3.59. The fourth-order valence-electron chi connectivity index (χ4n) is 2.90. The Balaban J connectivity index is 1.97. The van der Waals surface area contributed by atoms with E-state index in [0.717, 1.165) is 12.8 Å². The van der Waals surface area contributed by atoms with Gasteiger partial charge in [-0.15, -0.1) is 0 Å². The number of aryl methyl sites for hydroxylation is 1. The average Bonchev–Trinajstić information content (AvgIpc) is 2.58. The minimum absolute atomic E-state index is 0.0804. The molecule has 1 atom stereocenters. The molecule has 5 heteroatoms. The van der Waals surface area contributed by atoms with Crippen LogP contribution in [0.3, 0.4) is 0 Å². The van der Waals surface area contributed by atoms with Gasteiger partial charge in [-0.1, -0.05) is 63.1 Å². The molecule has 0 aliphatic carbocycles. The SMILES string of the molecule is CCCc1ccc([C@H]([NH2+]CC(=O)Nc2cccnc2Cl)C(C)C)cc1. The monoisotopic (exact) mass is 360 g/mol. The number of carbonyl (C=O) groups excluding carboxylic acids is 1. The normalized spacial score (nSPS) is 12.2. The first-order valence-corrected chi connectivity index (χ1v) is 9.21. The molecule has 0 radical (unpaired) electrons. The molecule has 2 aromatic rings. The van der Waals surface area contributed by atoms with Gasteiger partial charge in [-0.3, -0.25) is 4.79 Å². The summed E-state index contributed by atoms with van der Waals surface area (Å²) in [5.74, 6) is 0.343. The molecule has 0 saturated heterocycles. The molecule has 0 bridgehead atoms. The van der Waals surface area contributed by atoms with Crippen molar-refractivity contribution in [3.63, 3.8) is 0 Å². The number of rotatable bonds is 8. The van der Waals surface area contributed by atoms with Gasteiger partial charge in [0.2, 0.25) is 0 Å². The van der Waals surface area contributed by atoms with E-state index in [1.807, 2.05) is 0 Å². The number of hydrogen-bond acceptors (Lipinski definition) is 2. The van der Waals surface area contributed by atoms with Crippen LogP contribution in [0.25, 0.3) is 0 Å². The molecular weight excluding hydrogens is 334 g/mol. The van der Waals surface area contributed by atoms with E-state index in [2.05, 4.69) is 60.7 Å². The quantitative estimate of drug-likeness (QED) is 0.707. The second-order valence-corrected chi connectivity index (χ2v) is 6.95. The molecule has 0 unspecified atom stereocenters. The average molecular weight is 361 g/mol. The van der Waals surface area contributed by atoms with Gasteiger partial charge in [0.1, 0.15) is 6.04 Å². The number of hydrogen-bond donors (Lipinski definition) is 2. The predicted molar refractivity (Wildman–Crippen MR) is 103 cm³/mol. The van der Waals surface area contributed by atoms with Gasteiger partial charge in [0.05, 0.1) is 5.69 Å². The topological polar surface area (TPSA) is 58.6 Å². The van der Waals surface area contributed by atoms with Gasteiger partial charge >= 0.3 is 0 Å².